The zero-order chi connectivity index (χ0) is 11.4. The number of hydrogen-bond acceptors (Lipinski definition) is 5. The van der Waals surface area contributed by atoms with Crippen molar-refractivity contribution < 1.29 is 19.2 Å². The Balaban J connectivity index is 3.51. The van der Waals surface area contributed by atoms with Gasteiger partial charge in [0.2, 0.25) is 11.5 Å². The van der Waals surface area contributed by atoms with Crippen LogP contribution < -0.4 is 9.47 Å². The number of benzene rings is 1. The standard InChI is InChI=1S/C9H9NO5/c1-14-7-4-3-6(5-11)9(15-2)8(7)10(12)13/h3-5H,1-2H3. The molecule has 0 amide bonds. The van der Waals surface area contributed by atoms with Gasteiger partial charge in [-0.2, -0.15) is 0 Å². The lowest BCUT2D eigenvalue weighted by Crippen LogP contribution is -2.00. The first-order valence-electron chi connectivity index (χ1n) is 4.00. The SMILES string of the molecule is COc1ccc(C=O)c(OC)c1[N+](=O)[O-]. The fourth-order valence-electron chi connectivity index (χ4n) is 1.21. The Bertz CT molecular complexity index is 402. The molecular weight excluding hydrogens is 202 g/mol. The van der Waals surface area contributed by atoms with Crippen LogP contribution in [0.25, 0.3) is 0 Å². The normalized spacial score (nSPS) is 9.47. The summed E-state index contributed by atoms with van der Waals surface area (Å²) in [5.74, 6) is -0.0307. The van der Waals surface area contributed by atoms with Crippen molar-refractivity contribution in [1.82, 2.24) is 0 Å². The number of nitro benzene ring substituents is 1. The number of aldehydes is 1. The predicted molar refractivity (Wildman–Crippen MR) is 51.6 cm³/mol. The molecule has 1 aromatic rings. The van der Waals surface area contributed by atoms with Gasteiger partial charge in [-0.3, -0.25) is 14.9 Å². The van der Waals surface area contributed by atoms with Gasteiger partial charge < -0.3 is 9.47 Å². The second-order valence-corrected chi connectivity index (χ2v) is 2.61. The van der Waals surface area contributed by atoms with E-state index in [4.69, 9.17) is 9.47 Å². The number of ether oxygens (including phenoxy) is 2. The Labute approximate surface area is 85.6 Å². The van der Waals surface area contributed by atoms with Crippen LogP contribution in [-0.2, 0) is 0 Å². The summed E-state index contributed by atoms with van der Waals surface area (Å²) < 4.78 is 9.63. The Morgan fingerprint density at radius 2 is 2.00 bits per heavy atom. The maximum Gasteiger partial charge on any atom is 0.353 e. The Morgan fingerprint density at radius 1 is 1.33 bits per heavy atom. The molecule has 0 N–H and O–H groups in total. The van der Waals surface area contributed by atoms with E-state index in [1.165, 1.54) is 26.4 Å². The van der Waals surface area contributed by atoms with Gasteiger partial charge in [0.05, 0.1) is 24.7 Å². The molecule has 6 nitrogen and oxygen atoms in total. The minimum atomic E-state index is -0.648. The molecule has 6 heteroatoms. The number of nitro groups is 1. The second-order valence-electron chi connectivity index (χ2n) is 2.61. The number of carbonyl (C=O) groups is 1. The molecule has 0 radical (unpaired) electrons. The van der Waals surface area contributed by atoms with E-state index in [9.17, 15) is 14.9 Å². The lowest BCUT2D eigenvalue weighted by Gasteiger charge is -2.07. The summed E-state index contributed by atoms with van der Waals surface area (Å²) in [6, 6.07) is 2.75. The topological polar surface area (TPSA) is 78.7 Å². The number of hydrogen-bond donors (Lipinski definition) is 0. The highest BCUT2D eigenvalue weighted by molar-refractivity contribution is 5.83. The number of rotatable bonds is 4. The molecule has 0 aromatic heterocycles. The van der Waals surface area contributed by atoms with E-state index in [1.54, 1.807) is 0 Å². The second kappa shape index (κ2) is 4.41. The zero-order valence-electron chi connectivity index (χ0n) is 8.22. The number of nitrogens with zero attached hydrogens (tertiary/aromatic N) is 1. The van der Waals surface area contributed by atoms with Crippen molar-refractivity contribution >= 4 is 12.0 Å². The van der Waals surface area contributed by atoms with Crippen LogP contribution in [0.1, 0.15) is 10.4 Å². The largest absolute Gasteiger partial charge is 0.490 e. The summed E-state index contributed by atoms with van der Waals surface area (Å²) in [7, 11) is 2.57. The maximum absolute atomic E-state index is 10.8. The average molecular weight is 211 g/mol. The Hall–Kier alpha value is -2.11. The molecular formula is C9H9NO5. The molecule has 80 valence electrons. The third-order valence-corrected chi connectivity index (χ3v) is 1.86. The van der Waals surface area contributed by atoms with Gasteiger partial charge in [-0.1, -0.05) is 0 Å². The highest BCUT2D eigenvalue weighted by atomic mass is 16.6. The van der Waals surface area contributed by atoms with E-state index in [0.717, 1.165) is 0 Å². The molecule has 0 saturated heterocycles. The molecule has 0 saturated carbocycles. The highest BCUT2D eigenvalue weighted by Crippen LogP contribution is 2.38. The van der Waals surface area contributed by atoms with Crippen molar-refractivity contribution in [3.05, 3.63) is 27.8 Å². The van der Waals surface area contributed by atoms with Crippen molar-refractivity contribution in [2.24, 2.45) is 0 Å². The minimum Gasteiger partial charge on any atom is -0.490 e. The van der Waals surface area contributed by atoms with E-state index in [1.807, 2.05) is 0 Å². The van der Waals surface area contributed by atoms with Gasteiger partial charge >= 0.3 is 5.69 Å². The third kappa shape index (κ3) is 1.88. The molecule has 0 atom stereocenters. The summed E-state index contributed by atoms with van der Waals surface area (Å²) in [6.45, 7) is 0. The first-order valence-corrected chi connectivity index (χ1v) is 4.00. The van der Waals surface area contributed by atoms with E-state index in [0.29, 0.717) is 6.29 Å². The summed E-state index contributed by atoms with van der Waals surface area (Å²) in [5, 5.41) is 10.8. The smallest absolute Gasteiger partial charge is 0.353 e. The predicted octanol–water partition coefficient (Wildman–Crippen LogP) is 1.42. The number of methoxy groups -OCH3 is 2. The lowest BCUT2D eigenvalue weighted by molar-refractivity contribution is -0.386. The summed E-state index contributed by atoms with van der Waals surface area (Å²) >= 11 is 0. The Kier molecular flexibility index (Phi) is 3.22. The quantitative estimate of drug-likeness (QED) is 0.427. The van der Waals surface area contributed by atoms with Crippen LogP contribution in [0.15, 0.2) is 12.1 Å². The molecule has 0 aliphatic rings. The lowest BCUT2D eigenvalue weighted by atomic mass is 10.1. The van der Waals surface area contributed by atoms with E-state index in [-0.39, 0.29) is 22.7 Å². The molecule has 15 heavy (non-hydrogen) atoms. The molecule has 0 aliphatic heterocycles. The van der Waals surface area contributed by atoms with Crippen LogP contribution in [-0.4, -0.2) is 25.4 Å². The van der Waals surface area contributed by atoms with Crippen LogP contribution >= 0.6 is 0 Å². The van der Waals surface area contributed by atoms with Crippen molar-refractivity contribution in [2.75, 3.05) is 14.2 Å². The summed E-state index contributed by atoms with van der Waals surface area (Å²) in [5.41, 5.74) is -0.227. The molecule has 0 heterocycles. The van der Waals surface area contributed by atoms with Crippen LogP contribution in [0, 0.1) is 10.1 Å². The maximum atomic E-state index is 10.8. The van der Waals surface area contributed by atoms with E-state index < -0.39 is 4.92 Å². The molecule has 1 aromatic carbocycles. The van der Waals surface area contributed by atoms with Crippen molar-refractivity contribution in [3.8, 4) is 11.5 Å². The van der Waals surface area contributed by atoms with Crippen molar-refractivity contribution in [1.29, 1.82) is 0 Å². The van der Waals surface area contributed by atoms with E-state index in [2.05, 4.69) is 0 Å². The van der Waals surface area contributed by atoms with Gasteiger partial charge in [-0.05, 0) is 12.1 Å². The molecule has 0 unspecified atom stereocenters. The number of carbonyl (C=O) groups excluding carboxylic acids is 1. The first-order chi connectivity index (χ1) is 7.15. The van der Waals surface area contributed by atoms with Crippen molar-refractivity contribution in [3.63, 3.8) is 0 Å². The van der Waals surface area contributed by atoms with Gasteiger partial charge in [-0.15, -0.1) is 0 Å². The van der Waals surface area contributed by atoms with Gasteiger partial charge in [0.1, 0.15) is 0 Å². The van der Waals surface area contributed by atoms with Crippen LogP contribution in [0.3, 0.4) is 0 Å². The summed E-state index contributed by atoms with van der Waals surface area (Å²) in [6.07, 6.45) is 0.491. The van der Waals surface area contributed by atoms with Gasteiger partial charge in [0.25, 0.3) is 0 Å². The van der Waals surface area contributed by atoms with E-state index >= 15 is 0 Å². The molecule has 0 fully saturated rings. The first kappa shape index (κ1) is 11.0. The molecule has 0 aliphatic carbocycles. The fraction of sp³-hybridized carbons (Fsp3) is 0.222. The Morgan fingerprint density at radius 3 is 2.40 bits per heavy atom. The highest BCUT2D eigenvalue weighted by Gasteiger charge is 2.24. The average Bonchev–Trinajstić information content (AvgIpc) is 2.26. The van der Waals surface area contributed by atoms with Gasteiger partial charge in [0, 0.05) is 0 Å². The minimum absolute atomic E-state index is 0.0578. The van der Waals surface area contributed by atoms with Crippen LogP contribution in [0.5, 0.6) is 11.5 Å². The van der Waals surface area contributed by atoms with Crippen LogP contribution in [0.2, 0.25) is 0 Å². The van der Waals surface area contributed by atoms with Crippen molar-refractivity contribution in [2.45, 2.75) is 0 Å². The molecule has 0 spiro atoms. The monoisotopic (exact) mass is 211 g/mol. The zero-order valence-corrected chi connectivity index (χ0v) is 8.22. The summed E-state index contributed by atoms with van der Waals surface area (Å²) in [4.78, 5) is 20.7. The fourth-order valence-corrected chi connectivity index (χ4v) is 1.21. The molecule has 1 rings (SSSR count). The van der Waals surface area contributed by atoms with Gasteiger partial charge in [0.15, 0.2) is 6.29 Å². The molecule has 0 bridgehead atoms. The van der Waals surface area contributed by atoms with Gasteiger partial charge in [-0.25, -0.2) is 0 Å². The third-order valence-electron chi connectivity index (χ3n) is 1.86. The van der Waals surface area contributed by atoms with Crippen LogP contribution in [0.4, 0.5) is 5.69 Å².